The highest BCUT2D eigenvalue weighted by molar-refractivity contribution is 7.90. The summed E-state index contributed by atoms with van der Waals surface area (Å²) in [5.41, 5.74) is 0. The minimum atomic E-state index is -4.76. The molecule has 0 radical (unpaired) electrons. The number of hydrogen-bond donors (Lipinski definition) is 2. The zero-order valence-corrected chi connectivity index (χ0v) is 7.35. The second kappa shape index (κ2) is 3.64. The first kappa shape index (κ1) is 11.8. The van der Waals surface area contributed by atoms with E-state index < -0.39 is 37.9 Å². The highest BCUT2D eigenvalue weighted by Gasteiger charge is 2.28. The van der Waals surface area contributed by atoms with Gasteiger partial charge in [-0.1, -0.05) is 0 Å². The molecule has 0 spiro atoms. The summed E-state index contributed by atoms with van der Waals surface area (Å²) in [5, 5.41) is -2.12. The molecule has 12 heavy (non-hydrogen) atoms. The van der Waals surface area contributed by atoms with Crippen molar-refractivity contribution < 1.29 is 30.3 Å². The molecule has 0 bridgehead atoms. The molecule has 1 atom stereocenters. The number of rotatable bonds is 4. The lowest BCUT2D eigenvalue weighted by molar-refractivity contribution is 0.421. The van der Waals surface area contributed by atoms with Crippen LogP contribution in [0.1, 0.15) is 0 Å². The van der Waals surface area contributed by atoms with E-state index in [2.05, 4.69) is 0 Å². The van der Waals surface area contributed by atoms with Gasteiger partial charge in [0.25, 0.3) is 20.2 Å². The van der Waals surface area contributed by atoms with Gasteiger partial charge in [-0.15, -0.1) is 0 Å². The maximum Gasteiger partial charge on any atom is 0.271 e. The second-order valence-corrected chi connectivity index (χ2v) is 5.23. The van der Waals surface area contributed by atoms with Gasteiger partial charge >= 0.3 is 0 Å². The van der Waals surface area contributed by atoms with E-state index in [1.54, 1.807) is 0 Å². The molecular formula is C3H7FO6S2. The van der Waals surface area contributed by atoms with E-state index >= 15 is 0 Å². The molecule has 0 aromatic carbocycles. The molecule has 0 heterocycles. The van der Waals surface area contributed by atoms with Gasteiger partial charge in [-0.05, 0) is 0 Å². The average molecular weight is 222 g/mol. The highest BCUT2D eigenvalue weighted by Crippen LogP contribution is 2.02. The predicted molar refractivity (Wildman–Crippen MR) is 37.7 cm³/mol. The third-order valence-corrected chi connectivity index (χ3v) is 3.16. The first-order valence-electron chi connectivity index (χ1n) is 2.64. The lowest BCUT2D eigenvalue weighted by atomic mass is 10.5. The minimum absolute atomic E-state index is 1.34. The Balaban J connectivity index is 4.64. The van der Waals surface area contributed by atoms with Crippen molar-refractivity contribution in [3.63, 3.8) is 0 Å². The molecule has 9 heteroatoms. The van der Waals surface area contributed by atoms with Crippen LogP contribution in [-0.2, 0) is 20.2 Å². The van der Waals surface area contributed by atoms with Crippen LogP contribution in [0.25, 0.3) is 0 Å². The van der Waals surface area contributed by atoms with Crippen LogP contribution in [0.2, 0.25) is 0 Å². The number of alkyl halides is 1. The monoisotopic (exact) mass is 222 g/mol. The van der Waals surface area contributed by atoms with Crippen LogP contribution in [-0.4, -0.2) is 43.6 Å². The molecule has 0 aliphatic rings. The Labute approximate surface area is 68.9 Å². The molecule has 0 saturated heterocycles. The van der Waals surface area contributed by atoms with Crippen LogP contribution in [0.15, 0.2) is 0 Å². The molecule has 74 valence electrons. The summed E-state index contributed by atoms with van der Waals surface area (Å²) in [6, 6.07) is 0. The Morgan fingerprint density at radius 3 is 1.67 bits per heavy atom. The number of halogens is 1. The van der Waals surface area contributed by atoms with Crippen molar-refractivity contribution in [1.82, 2.24) is 0 Å². The second-order valence-electron chi connectivity index (χ2n) is 2.04. The van der Waals surface area contributed by atoms with Crippen LogP contribution >= 0.6 is 0 Å². The van der Waals surface area contributed by atoms with E-state index in [1.165, 1.54) is 0 Å². The van der Waals surface area contributed by atoms with Gasteiger partial charge in [0.05, 0.1) is 5.75 Å². The highest BCUT2D eigenvalue weighted by atomic mass is 32.2. The molecule has 6 nitrogen and oxygen atoms in total. The molecule has 0 amide bonds. The zero-order valence-electron chi connectivity index (χ0n) is 5.71. The fourth-order valence-electron chi connectivity index (χ4n) is 0.445. The molecule has 0 aromatic heterocycles. The summed E-state index contributed by atoms with van der Waals surface area (Å²) in [5.74, 6) is -1.34. The van der Waals surface area contributed by atoms with Crippen LogP contribution in [0.5, 0.6) is 0 Å². The maximum absolute atomic E-state index is 11.8. The third kappa shape index (κ3) is 4.59. The van der Waals surface area contributed by atoms with Crippen molar-refractivity contribution in [2.45, 2.75) is 5.25 Å². The quantitative estimate of drug-likeness (QED) is 0.596. The molecule has 0 aromatic rings. The molecule has 1 unspecified atom stereocenters. The van der Waals surface area contributed by atoms with E-state index in [9.17, 15) is 21.2 Å². The Morgan fingerprint density at radius 1 is 1.17 bits per heavy atom. The lowest BCUT2D eigenvalue weighted by Gasteiger charge is -2.06. The summed E-state index contributed by atoms with van der Waals surface area (Å²) in [7, 11) is -9.36. The third-order valence-electron chi connectivity index (χ3n) is 0.990. The smallest absolute Gasteiger partial charge is 0.271 e. The first-order chi connectivity index (χ1) is 5.17. The van der Waals surface area contributed by atoms with Crippen LogP contribution in [0, 0.1) is 0 Å². The van der Waals surface area contributed by atoms with E-state index in [0.717, 1.165) is 0 Å². The summed E-state index contributed by atoms with van der Waals surface area (Å²) in [6.45, 7) is -1.57. The van der Waals surface area contributed by atoms with Crippen molar-refractivity contribution in [2.75, 3.05) is 12.4 Å². The van der Waals surface area contributed by atoms with E-state index in [-0.39, 0.29) is 0 Å². The van der Waals surface area contributed by atoms with Crippen LogP contribution < -0.4 is 0 Å². The molecule has 0 aliphatic carbocycles. The van der Waals surface area contributed by atoms with Gasteiger partial charge in [-0.2, -0.15) is 16.8 Å². The normalized spacial score (nSPS) is 15.9. The van der Waals surface area contributed by atoms with Gasteiger partial charge in [0, 0.05) is 0 Å². The summed E-state index contributed by atoms with van der Waals surface area (Å²) in [4.78, 5) is 0. The standard InChI is InChI=1S/C3H7FO6S2/c4-1-3(12(8,9)10)2-11(5,6)7/h3H,1-2H2,(H,5,6,7)(H,8,9,10). The summed E-state index contributed by atoms with van der Waals surface area (Å²) >= 11 is 0. The maximum atomic E-state index is 11.8. The van der Waals surface area contributed by atoms with Gasteiger partial charge in [0.2, 0.25) is 0 Å². The van der Waals surface area contributed by atoms with Gasteiger partial charge < -0.3 is 0 Å². The van der Waals surface area contributed by atoms with Crippen LogP contribution in [0.3, 0.4) is 0 Å². The SMILES string of the molecule is O=S(=O)(O)CC(CF)S(=O)(=O)O. The van der Waals surface area contributed by atoms with Crippen molar-refractivity contribution >= 4 is 20.2 Å². The minimum Gasteiger partial charge on any atom is -0.286 e. The predicted octanol–water partition coefficient (Wildman–Crippen LogP) is -0.900. The Bertz CT molecular complexity index is 328. The van der Waals surface area contributed by atoms with Gasteiger partial charge in [0.1, 0.15) is 11.9 Å². The largest absolute Gasteiger partial charge is 0.286 e. The van der Waals surface area contributed by atoms with E-state index in [1.807, 2.05) is 0 Å². The van der Waals surface area contributed by atoms with Gasteiger partial charge in [0.15, 0.2) is 0 Å². The zero-order chi connectivity index (χ0) is 9.99. The fourth-order valence-corrected chi connectivity index (χ4v) is 2.37. The van der Waals surface area contributed by atoms with Crippen molar-refractivity contribution in [3.8, 4) is 0 Å². The summed E-state index contributed by atoms with van der Waals surface area (Å²) in [6.07, 6.45) is 0. The van der Waals surface area contributed by atoms with Crippen LogP contribution in [0.4, 0.5) is 4.39 Å². The fraction of sp³-hybridized carbons (Fsp3) is 1.00. The topological polar surface area (TPSA) is 109 Å². The molecule has 0 fully saturated rings. The van der Waals surface area contributed by atoms with Crippen molar-refractivity contribution in [1.29, 1.82) is 0 Å². The van der Waals surface area contributed by atoms with E-state index in [4.69, 9.17) is 9.11 Å². The lowest BCUT2D eigenvalue weighted by Crippen LogP contribution is -2.30. The van der Waals surface area contributed by atoms with Crippen molar-refractivity contribution in [2.24, 2.45) is 0 Å². The average Bonchev–Trinajstić information content (AvgIpc) is 1.78. The van der Waals surface area contributed by atoms with E-state index in [0.29, 0.717) is 0 Å². The van der Waals surface area contributed by atoms with Gasteiger partial charge in [-0.3, -0.25) is 9.11 Å². The first-order valence-corrected chi connectivity index (χ1v) is 5.75. The number of hydrogen-bond acceptors (Lipinski definition) is 4. The Kier molecular flexibility index (Phi) is 3.57. The van der Waals surface area contributed by atoms with Gasteiger partial charge in [-0.25, -0.2) is 4.39 Å². The van der Waals surface area contributed by atoms with Crippen molar-refractivity contribution in [3.05, 3.63) is 0 Å². The molecular weight excluding hydrogens is 215 g/mol. The Morgan fingerprint density at radius 2 is 1.58 bits per heavy atom. The molecule has 2 N–H and O–H groups in total. The summed E-state index contributed by atoms with van der Waals surface area (Å²) < 4.78 is 68.6. The Hall–Kier alpha value is -0.250. The molecule has 0 saturated carbocycles. The molecule has 0 rings (SSSR count). The molecule has 0 aliphatic heterocycles.